The standard InChI is InChI=1S/C14H30N2/c1-6-13-7-9-16(10-8-13)12(2)11-15-14(3,4)5/h12-13,15H,6-11H2,1-5H3. The van der Waals surface area contributed by atoms with Crippen molar-refractivity contribution in [1.29, 1.82) is 0 Å². The summed E-state index contributed by atoms with van der Waals surface area (Å²) in [6, 6.07) is 0.678. The van der Waals surface area contributed by atoms with E-state index in [4.69, 9.17) is 0 Å². The lowest BCUT2D eigenvalue weighted by Gasteiger charge is -2.37. The summed E-state index contributed by atoms with van der Waals surface area (Å²) in [6.07, 6.45) is 4.16. The molecule has 0 amide bonds. The van der Waals surface area contributed by atoms with E-state index in [1.165, 1.54) is 32.4 Å². The number of hydrogen-bond acceptors (Lipinski definition) is 2. The molecule has 2 nitrogen and oxygen atoms in total. The van der Waals surface area contributed by atoms with Gasteiger partial charge in [-0.2, -0.15) is 0 Å². The van der Waals surface area contributed by atoms with Gasteiger partial charge in [0.05, 0.1) is 0 Å². The van der Waals surface area contributed by atoms with Gasteiger partial charge in [-0.05, 0) is 59.5 Å². The lowest BCUT2D eigenvalue weighted by Crippen LogP contribution is -2.48. The number of hydrogen-bond donors (Lipinski definition) is 1. The summed E-state index contributed by atoms with van der Waals surface area (Å²) in [5.41, 5.74) is 0.246. The van der Waals surface area contributed by atoms with Gasteiger partial charge in [-0.15, -0.1) is 0 Å². The smallest absolute Gasteiger partial charge is 0.0192 e. The highest BCUT2D eigenvalue weighted by Crippen LogP contribution is 2.21. The second-order valence-corrected chi connectivity index (χ2v) is 6.37. The van der Waals surface area contributed by atoms with Crippen molar-refractivity contribution in [3.63, 3.8) is 0 Å². The molecule has 96 valence electrons. The summed E-state index contributed by atoms with van der Waals surface area (Å²) in [4.78, 5) is 2.64. The van der Waals surface area contributed by atoms with Crippen LogP contribution in [0.15, 0.2) is 0 Å². The minimum atomic E-state index is 0.246. The van der Waals surface area contributed by atoms with Crippen molar-refractivity contribution >= 4 is 0 Å². The van der Waals surface area contributed by atoms with Gasteiger partial charge in [0.25, 0.3) is 0 Å². The lowest BCUT2D eigenvalue weighted by molar-refractivity contribution is 0.133. The van der Waals surface area contributed by atoms with Crippen LogP contribution in [0.1, 0.15) is 53.9 Å². The van der Waals surface area contributed by atoms with E-state index < -0.39 is 0 Å². The van der Waals surface area contributed by atoms with Crippen LogP contribution in [0.25, 0.3) is 0 Å². The van der Waals surface area contributed by atoms with Crippen molar-refractivity contribution in [3.05, 3.63) is 0 Å². The Bertz CT molecular complexity index is 187. The Hall–Kier alpha value is -0.0800. The van der Waals surface area contributed by atoms with Crippen LogP contribution < -0.4 is 5.32 Å². The van der Waals surface area contributed by atoms with Crippen LogP contribution in [-0.4, -0.2) is 36.1 Å². The third-order valence-corrected chi connectivity index (χ3v) is 3.78. The lowest BCUT2D eigenvalue weighted by atomic mass is 9.93. The van der Waals surface area contributed by atoms with E-state index in [1.807, 2.05) is 0 Å². The Morgan fingerprint density at radius 1 is 1.25 bits per heavy atom. The van der Waals surface area contributed by atoms with Gasteiger partial charge >= 0.3 is 0 Å². The topological polar surface area (TPSA) is 15.3 Å². The molecule has 1 rings (SSSR count). The van der Waals surface area contributed by atoms with Crippen molar-refractivity contribution in [2.45, 2.75) is 65.5 Å². The zero-order chi connectivity index (χ0) is 12.2. The highest BCUT2D eigenvalue weighted by molar-refractivity contribution is 4.79. The fourth-order valence-corrected chi connectivity index (χ4v) is 2.38. The minimum absolute atomic E-state index is 0.246. The number of nitrogens with zero attached hydrogens (tertiary/aromatic N) is 1. The number of likely N-dealkylation sites (tertiary alicyclic amines) is 1. The van der Waals surface area contributed by atoms with Crippen LogP contribution in [0.2, 0.25) is 0 Å². The van der Waals surface area contributed by atoms with E-state index in [0.717, 1.165) is 12.5 Å². The average molecular weight is 226 g/mol. The van der Waals surface area contributed by atoms with Gasteiger partial charge in [-0.25, -0.2) is 0 Å². The molecule has 2 heteroatoms. The Balaban J connectivity index is 2.25. The molecule has 1 aliphatic rings. The SMILES string of the molecule is CCC1CCN(C(C)CNC(C)(C)C)CC1. The molecule has 0 spiro atoms. The predicted octanol–water partition coefficient (Wildman–Crippen LogP) is 2.89. The van der Waals surface area contributed by atoms with Gasteiger partial charge in [-0.3, -0.25) is 4.90 Å². The summed E-state index contributed by atoms with van der Waals surface area (Å²) in [5.74, 6) is 0.985. The number of piperidine rings is 1. The summed E-state index contributed by atoms with van der Waals surface area (Å²) in [5, 5.41) is 3.60. The third kappa shape index (κ3) is 4.84. The molecule has 1 heterocycles. The van der Waals surface area contributed by atoms with E-state index in [1.54, 1.807) is 0 Å². The van der Waals surface area contributed by atoms with E-state index in [-0.39, 0.29) is 5.54 Å². The second-order valence-electron chi connectivity index (χ2n) is 6.37. The summed E-state index contributed by atoms with van der Waals surface area (Å²) in [7, 11) is 0. The Labute approximate surface area is 102 Å². The monoisotopic (exact) mass is 226 g/mol. The van der Waals surface area contributed by atoms with Crippen molar-refractivity contribution in [2.75, 3.05) is 19.6 Å². The van der Waals surface area contributed by atoms with Crippen molar-refractivity contribution < 1.29 is 0 Å². The fraction of sp³-hybridized carbons (Fsp3) is 1.00. The molecule has 0 saturated carbocycles. The fourth-order valence-electron chi connectivity index (χ4n) is 2.38. The van der Waals surface area contributed by atoms with E-state index in [2.05, 4.69) is 44.8 Å². The Morgan fingerprint density at radius 2 is 1.81 bits per heavy atom. The summed E-state index contributed by atoms with van der Waals surface area (Å²) in [6.45, 7) is 15.1. The zero-order valence-corrected chi connectivity index (χ0v) is 11.8. The first kappa shape index (κ1) is 14.0. The normalized spacial score (nSPS) is 22.3. The zero-order valence-electron chi connectivity index (χ0n) is 11.8. The van der Waals surface area contributed by atoms with Gasteiger partial charge in [0, 0.05) is 18.1 Å². The van der Waals surface area contributed by atoms with Crippen LogP contribution >= 0.6 is 0 Å². The maximum Gasteiger partial charge on any atom is 0.0192 e. The van der Waals surface area contributed by atoms with Gasteiger partial charge in [0.15, 0.2) is 0 Å². The molecule has 0 aromatic heterocycles. The maximum atomic E-state index is 3.60. The number of nitrogens with one attached hydrogen (secondary N) is 1. The molecule has 16 heavy (non-hydrogen) atoms. The molecule has 0 bridgehead atoms. The van der Waals surface area contributed by atoms with Crippen LogP contribution in [0.4, 0.5) is 0 Å². The number of rotatable bonds is 4. The molecule has 0 aliphatic carbocycles. The van der Waals surface area contributed by atoms with Crippen LogP contribution in [0.5, 0.6) is 0 Å². The molecular weight excluding hydrogens is 196 g/mol. The average Bonchev–Trinajstić information content (AvgIpc) is 2.25. The van der Waals surface area contributed by atoms with Gasteiger partial charge in [0.2, 0.25) is 0 Å². The predicted molar refractivity (Wildman–Crippen MR) is 71.8 cm³/mol. The summed E-state index contributed by atoms with van der Waals surface area (Å²) >= 11 is 0. The molecule has 1 atom stereocenters. The molecule has 0 aromatic rings. The van der Waals surface area contributed by atoms with Crippen LogP contribution in [-0.2, 0) is 0 Å². The Morgan fingerprint density at radius 3 is 2.25 bits per heavy atom. The van der Waals surface area contributed by atoms with Gasteiger partial charge in [-0.1, -0.05) is 13.3 Å². The second kappa shape index (κ2) is 6.02. The molecule has 1 aliphatic heterocycles. The van der Waals surface area contributed by atoms with Crippen LogP contribution in [0.3, 0.4) is 0 Å². The molecule has 0 aromatic carbocycles. The summed E-state index contributed by atoms with van der Waals surface area (Å²) < 4.78 is 0. The maximum absolute atomic E-state index is 3.60. The first-order chi connectivity index (χ1) is 7.42. The van der Waals surface area contributed by atoms with E-state index in [0.29, 0.717) is 6.04 Å². The molecule has 1 unspecified atom stereocenters. The Kier molecular flexibility index (Phi) is 5.26. The molecule has 1 saturated heterocycles. The first-order valence-electron chi connectivity index (χ1n) is 6.91. The first-order valence-corrected chi connectivity index (χ1v) is 6.91. The minimum Gasteiger partial charge on any atom is -0.311 e. The molecule has 1 N–H and O–H groups in total. The highest BCUT2D eigenvalue weighted by atomic mass is 15.2. The van der Waals surface area contributed by atoms with Gasteiger partial charge in [0.1, 0.15) is 0 Å². The largest absolute Gasteiger partial charge is 0.311 e. The van der Waals surface area contributed by atoms with Crippen molar-refractivity contribution in [1.82, 2.24) is 10.2 Å². The van der Waals surface area contributed by atoms with Crippen molar-refractivity contribution in [3.8, 4) is 0 Å². The molecule has 0 radical (unpaired) electrons. The van der Waals surface area contributed by atoms with E-state index in [9.17, 15) is 0 Å². The highest BCUT2D eigenvalue weighted by Gasteiger charge is 2.22. The quantitative estimate of drug-likeness (QED) is 0.793. The molecule has 1 fully saturated rings. The van der Waals surface area contributed by atoms with Crippen molar-refractivity contribution in [2.24, 2.45) is 5.92 Å². The van der Waals surface area contributed by atoms with Crippen LogP contribution in [0, 0.1) is 5.92 Å². The van der Waals surface area contributed by atoms with Gasteiger partial charge < -0.3 is 5.32 Å². The van der Waals surface area contributed by atoms with E-state index >= 15 is 0 Å². The third-order valence-electron chi connectivity index (χ3n) is 3.78. The molecular formula is C14H30N2.